The van der Waals surface area contributed by atoms with Crippen molar-refractivity contribution in [1.29, 1.82) is 0 Å². The molecule has 2 aromatic rings. The monoisotopic (exact) mass is 452 g/mol. The van der Waals surface area contributed by atoms with Crippen LogP contribution in [0.3, 0.4) is 0 Å². The van der Waals surface area contributed by atoms with Crippen molar-refractivity contribution in [3.63, 3.8) is 0 Å². The first kappa shape index (κ1) is 24.1. The van der Waals surface area contributed by atoms with Crippen molar-refractivity contribution in [2.45, 2.75) is 33.3 Å². The number of carbonyl (C=O) groups is 3. The second kappa shape index (κ2) is 10.4. The first-order valence-electron chi connectivity index (χ1n) is 11.1. The molecule has 1 saturated heterocycles. The van der Waals surface area contributed by atoms with Crippen molar-refractivity contribution >= 4 is 29.3 Å². The van der Waals surface area contributed by atoms with E-state index in [0.717, 1.165) is 11.3 Å². The number of piperazine rings is 1. The lowest BCUT2D eigenvalue weighted by Crippen LogP contribution is -2.52. The zero-order valence-corrected chi connectivity index (χ0v) is 19.7. The average molecular weight is 453 g/mol. The SMILES string of the molecule is Cc1c(NCC(=O)N2CCN(C(=O)OC(C)(C)C)CC2)cccc1NC(=O)c1ccccc1. The lowest BCUT2D eigenvalue weighted by Gasteiger charge is -2.35. The third-order valence-corrected chi connectivity index (χ3v) is 5.33. The summed E-state index contributed by atoms with van der Waals surface area (Å²) in [4.78, 5) is 40.7. The van der Waals surface area contributed by atoms with E-state index < -0.39 is 5.60 Å². The minimum atomic E-state index is -0.541. The highest BCUT2D eigenvalue weighted by Gasteiger charge is 2.27. The van der Waals surface area contributed by atoms with Gasteiger partial charge in [0, 0.05) is 43.1 Å². The van der Waals surface area contributed by atoms with Crippen LogP contribution >= 0.6 is 0 Å². The molecule has 8 nitrogen and oxygen atoms in total. The van der Waals surface area contributed by atoms with Crippen LogP contribution in [0.15, 0.2) is 48.5 Å². The van der Waals surface area contributed by atoms with E-state index in [-0.39, 0.29) is 24.5 Å². The van der Waals surface area contributed by atoms with Crippen LogP contribution in [-0.4, -0.2) is 66.0 Å². The number of nitrogens with one attached hydrogen (secondary N) is 2. The van der Waals surface area contributed by atoms with E-state index in [4.69, 9.17) is 4.74 Å². The van der Waals surface area contributed by atoms with Gasteiger partial charge in [0.25, 0.3) is 5.91 Å². The van der Waals surface area contributed by atoms with Crippen LogP contribution in [-0.2, 0) is 9.53 Å². The van der Waals surface area contributed by atoms with Crippen LogP contribution < -0.4 is 10.6 Å². The van der Waals surface area contributed by atoms with Gasteiger partial charge in [-0.15, -0.1) is 0 Å². The summed E-state index contributed by atoms with van der Waals surface area (Å²) in [5, 5.41) is 6.11. The van der Waals surface area contributed by atoms with Crippen LogP contribution in [0.2, 0.25) is 0 Å². The Hall–Kier alpha value is -3.55. The zero-order chi connectivity index (χ0) is 24.0. The minimum Gasteiger partial charge on any atom is -0.444 e. The Kier molecular flexibility index (Phi) is 7.58. The fourth-order valence-electron chi connectivity index (χ4n) is 3.49. The molecule has 0 bridgehead atoms. The molecular formula is C25H32N4O4. The minimum absolute atomic E-state index is 0.0445. The number of nitrogens with zero attached hydrogens (tertiary/aromatic N) is 2. The van der Waals surface area contributed by atoms with Crippen LogP contribution in [0.1, 0.15) is 36.7 Å². The largest absolute Gasteiger partial charge is 0.444 e. The topological polar surface area (TPSA) is 91.0 Å². The second-order valence-corrected chi connectivity index (χ2v) is 9.00. The van der Waals surface area contributed by atoms with E-state index in [2.05, 4.69) is 10.6 Å². The molecule has 3 rings (SSSR count). The fourth-order valence-corrected chi connectivity index (χ4v) is 3.49. The summed E-state index contributed by atoms with van der Waals surface area (Å²) in [5.74, 6) is -0.230. The third-order valence-electron chi connectivity index (χ3n) is 5.33. The summed E-state index contributed by atoms with van der Waals surface area (Å²) in [6.07, 6.45) is -0.349. The Morgan fingerprint density at radius 3 is 2.12 bits per heavy atom. The number of carbonyl (C=O) groups excluding carboxylic acids is 3. The molecule has 0 atom stereocenters. The van der Waals surface area contributed by atoms with Crippen molar-refractivity contribution in [2.75, 3.05) is 43.4 Å². The van der Waals surface area contributed by atoms with E-state index in [9.17, 15) is 14.4 Å². The molecule has 1 aliphatic rings. The molecule has 0 saturated carbocycles. The molecule has 0 aromatic heterocycles. The second-order valence-electron chi connectivity index (χ2n) is 9.00. The van der Waals surface area contributed by atoms with Gasteiger partial charge in [-0.2, -0.15) is 0 Å². The Labute approximate surface area is 194 Å². The first-order chi connectivity index (χ1) is 15.6. The summed E-state index contributed by atoms with van der Waals surface area (Å²) < 4.78 is 5.40. The van der Waals surface area contributed by atoms with Gasteiger partial charge < -0.3 is 25.2 Å². The molecule has 0 unspecified atom stereocenters. The predicted octanol–water partition coefficient (Wildman–Crippen LogP) is 3.74. The molecule has 8 heteroatoms. The number of anilines is 2. The molecule has 0 spiro atoms. The zero-order valence-electron chi connectivity index (χ0n) is 19.7. The van der Waals surface area contributed by atoms with Crippen LogP contribution in [0.25, 0.3) is 0 Å². The Bertz CT molecular complexity index is 993. The van der Waals surface area contributed by atoms with Crippen molar-refractivity contribution in [2.24, 2.45) is 0 Å². The number of hydrogen-bond donors (Lipinski definition) is 2. The molecule has 1 aliphatic heterocycles. The Morgan fingerprint density at radius 1 is 0.879 bits per heavy atom. The number of rotatable bonds is 5. The summed E-state index contributed by atoms with van der Waals surface area (Å²) in [6.45, 7) is 9.34. The maximum Gasteiger partial charge on any atom is 0.410 e. The lowest BCUT2D eigenvalue weighted by molar-refractivity contribution is -0.131. The molecular weight excluding hydrogens is 420 g/mol. The van der Waals surface area contributed by atoms with E-state index in [1.54, 1.807) is 21.9 Å². The highest BCUT2D eigenvalue weighted by Crippen LogP contribution is 2.24. The van der Waals surface area contributed by atoms with Crippen molar-refractivity contribution in [1.82, 2.24) is 9.80 Å². The summed E-state index contributed by atoms with van der Waals surface area (Å²) >= 11 is 0. The average Bonchev–Trinajstić information content (AvgIpc) is 2.79. The van der Waals surface area contributed by atoms with Crippen molar-refractivity contribution in [3.8, 4) is 0 Å². The first-order valence-corrected chi connectivity index (χ1v) is 11.1. The summed E-state index contributed by atoms with van der Waals surface area (Å²) in [5.41, 5.74) is 2.36. The molecule has 3 amide bonds. The van der Waals surface area contributed by atoms with Gasteiger partial charge in [0.15, 0.2) is 0 Å². The van der Waals surface area contributed by atoms with Gasteiger partial charge in [-0.05, 0) is 57.5 Å². The highest BCUT2D eigenvalue weighted by molar-refractivity contribution is 6.05. The van der Waals surface area contributed by atoms with Crippen molar-refractivity contribution < 1.29 is 19.1 Å². The van der Waals surface area contributed by atoms with Gasteiger partial charge in [-0.25, -0.2) is 4.79 Å². The van der Waals surface area contributed by atoms with Gasteiger partial charge in [0.1, 0.15) is 5.60 Å². The van der Waals surface area contributed by atoms with Crippen LogP contribution in [0.5, 0.6) is 0 Å². The van der Waals surface area contributed by atoms with Crippen LogP contribution in [0.4, 0.5) is 16.2 Å². The fraction of sp³-hybridized carbons (Fsp3) is 0.400. The molecule has 0 radical (unpaired) electrons. The normalized spacial score (nSPS) is 13.9. The van der Waals surface area contributed by atoms with Gasteiger partial charge in [0.05, 0.1) is 6.54 Å². The van der Waals surface area contributed by atoms with Gasteiger partial charge in [-0.3, -0.25) is 9.59 Å². The van der Waals surface area contributed by atoms with Crippen molar-refractivity contribution in [3.05, 3.63) is 59.7 Å². The van der Waals surface area contributed by atoms with Crippen LogP contribution in [0, 0.1) is 6.92 Å². The molecule has 176 valence electrons. The van der Waals surface area contributed by atoms with E-state index in [1.807, 2.05) is 64.1 Å². The standard InChI is InChI=1S/C25H32N4O4/c1-18-20(11-8-12-21(18)27-23(31)19-9-6-5-7-10-19)26-17-22(30)28-13-15-29(16-14-28)24(32)33-25(2,3)4/h5-12,26H,13-17H2,1-4H3,(H,27,31). The maximum atomic E-state index is 12.7. The smallest absolute Gasteiger partial charge is 0.410 e. The number of hydrogen-bond acceptors (Lipinski definition) is 5. The highest BCUT2D eigenvalue weighted by atomic mass is 16.6. The van der Waals surface area contributed by atoms with Gasteiger partial charge in [0.2, 0.25) is 5.91 Å². The molecule has 33 heavy (non-hydrogen) atoms. The Morgan fingerprint density at radius 2 is 1.48 bits per heavy atom. The molecule has 1 fully saturated rings. The number of ether oxygens (including phenoxy) is 1. The molecule has 0 aliphatic carbocycles. The maximum absolute atomic E-state index is 12.7. The third kappa shape index (κ3) is 6.71. The number of benzene rings is 2. The molecule has 2 N–H and O–H groups in total. The summed E-state index contributed by atoms with van der Waals surface area (Å²) in [6, 6.07) is 14.6. The molecule has 2 aromatic carbocycles. The molecule has 1 heterocycles. The van der Waals surface area contributed by atoms with E-state index in [0.29, 0.717) is 37.4 Å². The number of amides is 3. The predicted molar refractivity (Wildman–Crippen MR) is 128 cm³/mol. The Balaban J connectivity index is 1.52. The summed E-state index contributed by atoms with van der Waals surface area (Å²) in [7, 11) is 0. The quantitative estimate of drug-likeness (QED) is 0.721. The van der Waals surface area contributed by atoms with Gasteiger partial charge >= 0.3 is 6.09 Å². The van der Waals surface area contributed by atoms with Gasteiger partial charge in [-0.1, -0.05) is 24.3 Å². The lowest BCUT2D eigenvalue weighted by atomic mass is 10.1. The van der Waals surface area contributed by atoms with E-state index >= 15 is 0 Å². The van der Waals surface area contributed by atoms with E-state index in [1.165, 1.54) is 0 Å².